The molecule has 0 radical (unpaired) electrons. The van der Waals surface area contributed by atoms with Gasteiger partial charge in [0.1, 0.15) is 11.4 Å². The van der Waals surface area contributed by atoms with Crippen molar-refractivity contribution in [2.45, 2.75) is 37.5 Å². The number of esters is 1. The topological polar surface area (TPSA) is 100 Å². The van der Waals surface area contributed by atoms with Crippen LogP contribution in [0.15, 0.2) is 29.7 Å². The Morgan fingerprint density at radius 1 is 1.41 bits per heavy atom. The smallest absolute Gasteiger partial charge is 0.337 e. The molecule has 4 rings (SSSR count). The molecule has 4 unspecified atom stereocenters. The SMILES string of the molecule is CCC1CN2C(CO)=C[C@]3(O)c4c(OC)cc(Cl)c(F)c4NC3C2CC1/C(=C\OC)C(=O)OC. The molecule has 8 nitrogen and oxygen atoms in total. The van der Waals surface area contributed by atoms with Gasteiger partial charge >= 0.3 is 5.97 Å². The van der Waals surface area contributed by atoms with E-state index in [2.05, 4.69) is 5.32 Å². The Kier molecular flexibility index (Phi) is 6.72. The van der Waals surface area contributed by atoms with Crippen LogP contribution in [0.1, 0.15) is 25.3 Å². The Labute approximate surface area is 202 Å². The largest absolute Gasteiger partial charge is 0.504 e. The zero-order valence-corrected chi connectivity index (χ0v) is 20.4. The standard InChI is InChI=1S/C24H30ClFN2O6/c1-5-12-9-28-13(10-29)8-24(31)19-18(33-3)7-16(25)20(26)21(19)27-22(24)17(28)6-14(12)15(11-32-2)23(30)34-4/h7-8,11-12,14,17,22,27,29,31H,5-6,9-10H2,1-4H3/b15-11+/t12?,14?,17?,22?,24-/m0/s1. The molecule has 0 bridgehead atoms. The minimum Gasteiger partial charge on any atom is -0.504 e. The lowest BCUT2D eigenvalue weighted by atomic mass is 9.70. The summed E-state index contributed by atoms with van der Waals surface area (Å²) in [6, 6.07) is 0.274. The number of aliphatic hydroxyl groups is 2. The van der Waals surface area contributed by atoms with E-state index in [1.54, 1.807) is 6.08 Å². The van der Waals surface area contributed by atoms with E-state index in [1.807, 2.05) is 11.8 Å². The summed E-state index contributed by atoms with van der Waals surface area (Å²) in [7, 11) is 4.22. The van der Waals surface area contributed by atoms with E-state index in [1.165, 1.54) is 33.7 Å². The lowest BCUT2D eigenvalue weighted by molar-refractivity contribution is -0.137. The third-order valence-electron chi connectivity index (χ3n) is 7.37. The highest BCUT2D eigenvalue weighted by atomic mass is 35.5. The Morgan fingerprint density at radius 3 is 2.74 bits per heavy atom. The average Bonchev–Trinajstić information content (AvgIpc) is 3.16. The summed E-state index contributed by atoms with van der Waals surface area (Å²) in [5.74, 6) is -1.09. The molecule has 0 aliphatic carbocycles. The van der Waals surface area contributed by atoms with Crippen molar-refractivity contribution in [2.75, 3.05) is 39.8 Å². The predicted octanol–water partition coefficient (Wildman–Crippen LogP) is 2.78. The minimum absolute atomic E-state index is 0.0578. The van der Waals surface area contributed by atoms with Crippen LogP contribution in [-0.2, 0) is 19.9 Å². The molecule has 3 heterocycles. The number of benzene rings is 1. The summed E-state index contributed by atoms with van der Waals surface area (Å²) >= 11 is 6.09. The summed E-state index contributed by atoms with van der Waals surface area (Å²) in [4.78, 5) is 14.6. The van der Waals surface area contributed by atoms with Gasteiger partial charge in [-0.25, -0.2) is 9.18 Å². The van der Waals surface area contributed by atoms with E-state index in [0.29, 0.717) is 24.2 Å². The molecule has 10 heteroatoms. The zero-order chi connectivity index (χ0) is 24.8. The third-order valence-corrected chi connectivity index (χ3v) is 7.64. The lowest BCUT2D eigenvalue weighted by Crippen LogP contribution is -2.62. The minimum atomic E-state index is -1.66. The molecule has 5 atom stereocenters. The van der Waals surface area contributed by atoms with Crippen LogP contribution in [0.4, 0.5) is 10.1 Å². The lowest BCUT2D eigenvalue weighted by Gasteiger charge is -2.53. The molecular formula is C24H30ClFN2O6. The van der Waals surface area contributed by atoms with Gasteiger partial charge in [-0.2, -0.15) is 0 Å². The number of rotatable bonds is 6. The van der Waals surface area contributed by atoms with Crippen molar-refractivity contribution in [1.82, 2.24) is 4.90 Å². The van der Waals surface area contributed by atoms with Gasteiger partial charge in [-0.3, -0.25) is 0 Å². The molecule has 1 aromatic rings. The maximum atomic E-state index is 15.1. The first-order valence-corrected chi connectivity index (χ1v) is 11.6. The number of carbonyl (C=O) groups excluding carboxylic acids is 1. The number of fused-ring (bicyclic) bond motifs is 5. The maximum absolute atomic E-state index is 15.1. The van der Waals surface area contributed by atoms with Gasteiger partial charge in [0.15, 0.2) is 5.82 Å². The van der Waals surface area contributed by atoms with E-state index in [0.717, 1.165) is 6.42 Å². The van der Waals surface area contributed by atoms with Crippen molar-refractivity contribution < 1.29 is 33.6 Å². The van der Waals surface area contributed by atoms with Crippen LogP contribution in [-0.4, -0.2) is 67.6 Å². The van der Waals surface area contributed by atoms with Crippen LogP contribution in [0, 0.1) is 17.7 Å². The van der Waals surface area contributed by atoms with Crippen molar-refractivity contribution in [3.63, 3.8) is 0 Å². The second-order valence-corrected chi connectivity index (χ2v) is 9.30. The monoisotopic (exact) mass is 496 g/mol. The Balaban J connectivity index is 1.84. The van der Waals surface area contributed by atoms with E-state index < -0.39 is 23.4 Å². The van der Waals surface area contributed by atoms with E-state index >= 15 is 4.39 Å². The second kappa shape index (κ2) is 9.28. The van der Waals surface area contributed by atoms with Gasteiger partial charge in [0.2, 0.25) is 0 Å². The van der Waals surface area contributed by atoms with E-state index in [9.17, 15) is 15.0 Å². The molecule has 1 aromatic carbocycles. The summed E-state index contributed by atoms with van der Waals surface area (Å²) in [6.07, 6.45) is 4.19. The van der Waals surface area contributed by atoms with Crippen LogP contribution in [0.25, 0.3) is 0 Å². The summed E-state index contributed by atoms with van der Waals surface area (Å²) in [5.41, 5.74) is -0.416. The molecule has 3 N–H and O–H groups in total. The summed E-state index contributed by atoms with van der Waals surface area (Å²) < 4.78 is 30.7. The maximum Gasteiger partial charge on any atom is 0.337 e. The van der Waals surface area contributed by atoms with Gasteiger partial charge in [-0.1, -0.05) is 24.9 Å². The highest BCUT2D eigenvalue weighted by molar-refractivity contribution is 6.31. The van der Waals surface area contributed by atoms with Crippen LogP contribution >= 0.6 is 11.6 Å². The Hall–Kier alpha value is -2.49. The zero-order valence-electron chi connectivity index (χ0n) is 19.6. The number of anilines is 1. The van der Waals surface area contributed by atoms with Gasteiger partial charge in [-0.05, 0) is 18.4 Å². The van der Waals surface area contributed by atoms with Gasteiger partial charge in [0, 0.05) is 24.2 Å². The number of nitrogens with one attached hydrogen (secondary N) is 1. The number of piperidine rings is 1. The van der Waals surface area contributed by atoms with Crippen molar-refractivity contribution in [2.24, 2.45) is 11.8 Å². The molecule has 3 aliphatic heterocycles. The predicted molar refractivity (Wildman–Crippen MR) is 124 cm³/mol. The third kappa shape index (κ3) is 3.61. The number of hydrogen-bond donors (Lipinski definition) is 3. The van der Waals surface area contributed by atoms with Crippen molar-refractivity contribution in [1.29, 1.82) is 0 Å². The molecule has 34 heavy (non-hydrogen) atoms. The number of methoxy groups -OCH3 is 3. The van der Waals surface area contributed by atoms with Crippen LogP contribution < -0.4 is 10.1 Å². The molecule has 0 amide bonds. The quantitative estimate of drug-likeness (QED) is 0.314. The second-order valence-electron chi connectivity index (χ2n) is 8.90. The number of aliphatic hydroxyl groups excluding tert-OH is 1. The number of carbonyl (C=O) groups is 1. The first-order chi connectivity index (χ1) is 16.2. The van der Waals surface area contributed by atoms with Crippen molar-refractivity contribution in [3.8, 4) is 5.75 Å². The molecule has 1 saturated heterocycles. The fourth-order valence-electron chi connectivity index (χ4n) is 5.81. The highest BCUT2D eigenvalue weighted by Gasteiger charge is 2.57. The molecular weight excluding hydrogens is 467 g/mol. The van der Waals surface area contributed by atoms with Crippen molar-refractivity contribution in [3.05, 3.63) is 46.1 Å². The van der Waals surface area contributed by atoms with Crippen LogP contribution in [0.2, 0.25) is 5.02 Å². The molecule has 0 aromatic heterocycles. The van der Waals surface area contributed by atoms with Crippen LogP contribution in [0.3, 0.4) is 0 Å². The molecule has 1 fully saturated rings. The number of ether oxygens (including phenoxy) is 3. The van der Waals surface area contributed by atoms with Gasteiger partial charge in [-0.15, -0.1) is 0 Å². The number of hydrogen-bond acceptors (Lipinski definition) is 8. The van der Waals surface area contributed by atoms with Crippen LogP contribution in [0.5, 0.6) is 5.75 Å². The van der Waals surface area contributed by atoms with Gasteiger partial charge in [0.05, 0.1) is 68.1 Å². The van der Waals surface area contributed by atoms with Gasteiger partial charge < -0.3 is 34.6 Å². The molecule has 3 aliphatic rings. The Bertz CT molecular complexity index is 1050. The summed E-state index contributed by atoms with van der Waals surface area (Å²) in [6.45, 7) is 2.26. The molecule has 0 saturated carbocycles. The fourth-order valence-corrected chi connectivity index (χ4v) is 6.00. The molecule has 0 spiro atoms. The highest BCUT2D eigenvalue weighted by Crippen LogP contribution is 2.54. The number of nitrogens with zero attached hydrogens (tertiary/aromatic N) is 1. The van der Waals surface area contributed by atoms with E-state index in [4.69, 9.17) is 25.8 Å². The van der Waals surface area contributed by atoms with E-state index in [-0.39, 0.29) is 46.5 Å². The summed E-state index contributed by atoms with van der Waals surface area (Å²) in [5, 5.41) is 25.2. The Morgan fingerprint density at radius 2 is 2.15 bits per heavy atom. The van der Waals surface area contributed by atoms with Crippen molar-refractivity contribution >= 4 is 23.3 Å². The molecule has 186 valence electrons. The van der Waals surface area contributed by atoms with Gasteiger partial charge in [0.25, 0.3) is 0 Å². The average molecular weight is 497 g/mol. The fraction of sp³-hybridized carbons (Fsp3) is 0.542. The number of halogens is 2. The first-order valence-electron chi connectivity index (χ1n) is 11.2. The normalized spacial score (nSPS) is 29.9. The first kappa shape index (κ1) is 24.6.